The lowest BCUT2D eigenvalue weighted by molar-refractivity contribution is -0.144. The maximum Gasteiger partial charge on any atom is 0.251 e. The van der Waals surface area contributed by atoms with Crippen LogP contribution in [0, 0.1) is 17.8 Å². The molecule has 1 saturated heterocycles. The Morgan fingerprint density at radius 3 is 2.11 bits per heavy atom. The Kier molecular flexibility index (Phi) is 24.9. The van der Waals surface area contributed by atoms with E-state index in [-0.39, 0.29) is 58.3 Å². The number of rotatable bonds is 18. The number of carbonyl (C=O) groups is 13. The number of H-pyrrole nitrogens is 1. The average Bonchev–Trinajstić information content (AvgIpc) is 1.65. The third-order valence-corrected chi connectivity index (χ3v) is 18.3. The highest BCUT2D eigenvalue weighted by atomic mass is 32.2. The van der Waals surface area contributed by atoms with Gasteiger partial charge in [0.25, 0.3) is 5.91 Å². The molecule has 0 aliphatic carbocycles. The molecule has 1 fully saturated rings. The molecule has 33 heteroatoms. The van der Waals surface area contributed by atoms with Gasteiger partial charge >= 0.3 is 0 Å². The van der Waals surface area contributed by atoms with Gasteiger partial charge in [-0.3, -0.25) is 66.5 Å². The quantitative estimate of drug-likeness (QED) is 0.0574. The van der Waals surface area contributed by atoms with Crippen LogP contribution in [0.2, 0.25) is 0 Å². The Bertz CT molecular complexity index is 3520. The topological polar surface area (TPSA) is 474 Å². The summed E-state index contributed by atoms with van der Waals surface area (Å²) in [6.07, 6.45) is -2.04. The number of aromatic amines is 1. The molecule has 2 bridgehead atoms. The van der Waals surface area contributed by atoms with Crippen molar-refractivity contribution in [3.63, 3.8) is 0 Å². The summed E-state index contributed by atoms with van der Waals surface area (Å²) in [6, 6.07) is -2.66. The average molecular weight is 1340 g/mol. The summed E-state index contributed by atoms with van der Waals surface area (Å²) in [7, 11) is -2.48. The Labute approximate surface area is 548 Å². The van der Waals surface area contributed by atoms with Crippen LogP contribution in [0.1, 0.15) is 78.4 Å². The van der Waals surface area contributed by atoms with Crippen LogP contribution >= 0.6 is 0 Å². The summed E-state index contributed by atoms with van der Waals surface area (Å²) in [4.78, 5) is 186. The number of phenols is 1. The number of nitrogens with zero attached hydrogens (tertiary/aromatic N) is 2. The zero-order chi connectivity index (χ0) is 69.7. The molecule has 7 rings (SSSR count). The summed E-state index contributed by atoms with van der Waals surface area (Å²) in [5.41, 5.74) is 1.30. The van der Waals surface area contributed by atoms with Crippen LogP contribution in [0.4, 0.5) is 5.69 Å². The number of nitrogens with one attached hydrogen (secondary N) is 12. The van der Waals surface area contributed by atoms with Gasteiger partial charge in [-0.05, 0) is 60.2 Å². The third-order valence-electron chi connectivity index (χ3n) is 16.8. The highest BCUT2D eigenvalue weighted by molar-refractivity contribution is 7.85. The van der Waals surface area contributed by atoms with Crippen molar-refractivity contribution >= 4 is 104 Å². The van der Waals surface area contributed by atoms with Gasteiger partial charge in [0.2, 0.25) is 70.9 Å². The normalized spacial score (nSPS) is 24.3. The highest BCUT2D eigenvalue weighted by Gasteiger charge is 2.45. The van der Waals surface area contributed by atoms with E-state index in [0.29, 0.717) is 17.7 Å². The number of allylic oxidation sites excluding steroid dienone is 1. The zero-order valence-corrected chi connectivity index (χ0v) is 54.0. The minimum absolute atomic E-state index is 0.0380. The van der Waals surface area contributed by atoms with E-state index in [1.54, 1.807) is 27.7 Å². The zero-order valence-electron chi connectivity index (χ0n) is 53.2. The molecular weight excluding hydrogens is 1260 g/mol. The Morgan fingerprint density at radius 2 is 1.45 bits per heavy atom. The number of hydrogen-bond acceptors (Lipinski definition) is 18. The van der Waals surface area contributed by atoms with E-state index in [1.807, 2.05) is 0 Å². The summed E-state index contributed by atoms with van der Waals surface area (Å²) in [5.74, 6) is -14.9. The molecule has 2 aromatic carbocycles. The first-order chi connectivity index (χ1) is 45.0. The molecule has 13 atom stereocenters. The number of benzene rings is 2. The Morgan fingerprint density at radius 1 is 0.768 bits per heavy atom. The summed E-state index contributed by atoms with van der Waals surface area (Å²) in [6.45, 7) is 9.90. The Balaban J connectivity index is 1.17. The van der Waals surface area contributed by atoms with Gasteiger partial charge in [0, 0.05) is 73.7 Å². The van der Waals surface area contributed by atoms with Crippen molar-refractivity contribution in [2.24, 2.45) is 17.8 Å². The van der Waals surface area contributed by atoms with Crippen molar-refractivity contribution in [2.45, 2.75) is 146 Å². The number of phenolic OH excluding ortho intramolecular Hbond substituents is 1. The molecule has 95 heavy (non-hydrogen) atoms. The van der Waals surface area contributed by atoms with Gasteiger partial charge in [0.05, 0.1) is 60.4 Å². The van der Waals surface area contributed by atoms with Gasteiger partial charge in [-0.1, -0.05) is 59.8 Å². The van der Waals surface area contributed by atoms with Crippen LogP contribution in [0.5, 0.6) is 5.75 Å². The minimum Gasteiger partial charge on any atom is -0.508 e. The van der Waals surface area contributed by atoms with Crippen LogP contribution in [-0.4, -0.2) is 215 Å². The van der Waals surface area contributed by atoms with Crippen molar-refractivity contribution in [3.8, 4) is 5.75 Å². The Hall–Kier alpha value is -9.60. The first-order valence-electron chi connectivity index (χ1n) is 31.0. The molecule has 0 radical (unpaired) electrons. The predicted molar refractivity (Wildman–Crippen MR) is 339 cm³/mol. The fraction of sp³-hybridized carbons (Fsp3) is 0.500. The van der Waals surface area contributed by atoms with Crippen molar-refractivity contribution in [1.29, 1.82) is 0 Å². The van der Waals surface area contributed by atoms with Crippen LogP contribution in [0.25, 0.3) is 10.9 Å². The number of hydrogen-bond donors (Lipinski definition) is 16. The summed E-state index contributed by atoms with van der Waals surface area (Å²) in [5, 5.41) is 70.6. The number of anilines is 1. The lowest BCUT2D eigenvalue weighted by Crippen LogP contribution is -2.62. The van der Waals surface area contributed by atoms with Crippen LogP contribution in [-0.2, 0) is 86.1 Å². The molecular formula is C62H82N14O18S. The lowest BCUT2D eigenvalue weighted by Gasteiger charge is -2.33. The van der Waals surface area contributed by atoms with Crippen LogP contribution in [0.15, 0.2) is 71.9 Å². The smallest absolute Gasteiger partial charge is 0.251 e. The van der Waals surface area contributed by atoms with E-state index in [0.717, 1.165) is 4.90 Å². The van der Waals surface area contributed by atoms with E-state index < -0.39 is 211 Å². The van der Waals surface area contributed by atoms with Crippen LogP contribution in [0.3, 0.4) is 0 Å². The maximum atomic E-state index is 15.0. The number of aliphatic hydroxyl groups is 3. The molecule has 16 N–H and O–H groups in total. The number of fused-ring (bicyclic) bond motifs is 5. The van der Waals surface area contributed by atoms with E-state index >= 15 is 9.00 Å². The van der Waals surface area contributed by atoms with Gasteiger partial charge < -0.3 is 93.7 Å². The molecule has 3 aromatic rings. The summed E-state index contributed by atoms with van der Waals surface area (Å²) >= 11 is 0. The highest BCUT2D eigenvalue weighted by Crippen LogP contribution is 2.30. The SMILES string of the molecule is C=C1C=CC(=O)N1CCC(=O)NC(C(=O)N[C@@H](C)C(=O)Nc1ccc(CNC(=O)C[C@@H]2NC(=O)C3C[S@@](=O)c4[nH]c5cc(O)ccc5c4CC(NC(=O)[C@H]([C@@H](C)[C@@H](O)CO)NC(=O)[C@@H]4CC(O)CN4C2=O)C(=O)NCC(=O)N[C@@H](C(C)CC)C(=O)NCC(=O)N3)cc1)C(C)C. The minimum atomic E-state index is -2.48. The molecule has 0 spiro atoms. The van der Waals surface area contributed by atoms with E-state index in [4.69, 9.17) is 0 Å². The van der Waals surface area contributed by atoms with E-state index in [2.05, 4.69) is 70.0 Å². The monoisotopic (exact) mass is 1340 g/mol. The van der Waals surface area contributed by atoms with Gasteiger partial charge in [-0.2, -0.15) is 0 Å². The number of aromatic hydroxyl groups is 1. The maximum absolute atomic E-state index is 15.0. The molecule has 4 aliphatic heterocycles. The van der Waals surface area contributed by atoms with Gasteiger partial charge in [0.1, 0.15) is 59.1 Å². The number of amides is 13. The van der Waals surface area contributed by atoms with Crippen molar-refractivity contribution in [1.82, 2.24) is 68.0 Å². The van der Waals surface area contributed by atoms with Crippen molar-refractivity contribution < 1.29 is 87.0 Å². The predicted octanol–water partition coefficient (Wildman–Crippen LogP) is -4.20. The largest absolute Gasteiger partial charge is 0.508 e. The number of carbonyl (C=O) groups excluding carboxylic acids is 13. The van der Waals surface area contributed by atoms with E-state index in [9.17, 15) is 78.0 Å². The molecule has 32 nitrogen and oxygen atoms in total. The first kappa shape index (κ1) is 72.8. The number of aliphatic hydroxyl groups excluding tert-OH is 3. The standard InChI is InChI=1S/C62H82N14O18S/c1-8-30(4)52-58(90)65-24-48(83)68-43-28-95(94)61-39(38-15-14-36(78)19-40(38)71-61)21-41(55(87)64-25-49(84)73-52)69-60(92)53(32(6)45(80)27-77)74-57(89)44-20-37(79)26-76(44)62(93)42(70-56(43)88)22-47(82)63-23-34-10-12-35(13-11-34)67-54(86)33(7)66-59(91)51(29(2)3)72-46(81)17-18-75-31(5)9-16-50(75)85/h9-16,19,29-30,32-33,37,41-45,51-53,71,77-80H,5,8,17-18,20-28H2,1-4,6-7H3,(H,63,82)(H,64,87)(H,65,90)(H,66,91)(H,67,86)(H,68,83)(H,69,92)(H,70,88)(H,72,81)(H,73,84)(H,74,89)/t30?,32-,33-,37?,41?,42-,43?,44-,45-,51?,52-,53-,95+/m0/s1. The van der Waals surface area contributed by atoms with Gasteiger partial charge in [0.15, 0.2) is 0 Å². The lowest BCUT2D eigenvalue weighted by atomic mass is 9.93. The first-order valence-corrected chi connectivity index (χ1v) is 32.3. The second-order valence-corrected chi connectivity index (χ2v) is 25.7. The molecule has 4 aliphatic rings. The molecule has 5 unspecified atom stereocenters. The van der Waals surface area contributed by atoms with Gasteiger partial charge in [-0.25, -0.2) is 0 Å². The number of aromatic nitrogens is 1. The molecule has 5 heterocycles. The fourth-order valence-electron chi connectivity index (χ4n) is 11.0. The summed E-state index contributed by atoms with van der Waals surface area (Å²) < 4.78 is 15.0. The fourth-order valence-corrected chi connectivity index (χ4v) is 12.4. The second-order valence-electron chi connectivity index (χ2n) is 24.2. The van der Waals surface area contributed by atoms with Gasteiger partial charge in [-0.15, -0.1) is 0 Å². The second kappa shape index (κ2) is 32.5. The molecule has 1 aromatic heterocycles. The van der Waals surface area contributed by atoms with Crippen LogP contribution < -0.4 is 58.5 Å². The molecule has 514 valence electrons. The third kappa shape index (κ3) is 18.8. The molecule has 13 amide bonds. The molecule has 0 saturated carbocycles. The van der Waals surface area contributed by atoms with E-state index in [1.165, 1.54) is 73.4 Å². The van der Waals surface area contributed by atoms with Crippen molar-refractivity contribution in [2.75, 3.05) is 43.9 Å². The van der Waals surface area contributed by atoms with Crippen molar-refractivity contribution in [3.05, 3.63) is 78.0 Å².